The Morgan fingerprint density at radius 3 is 2.84 bits per heavy atom. The summed E-state index contributed by atoms with van der Waals surface area (Å²) in [6.45, 7) is 3.19. The lowest BCUT2D eigenvalue weighted by Gasteiger charge is -2.42. The molecule has 0 amide bonds. The van der Waals surface area contributed by atoms with Crippen LogP contribution in [0.3, 0.4) is 0 Å². The minimum Gasteiger partial charge on any atom is -0.390 e. The molecule has 1 aliphatic carbocycles. The molecule has 1 N–H and O–H groups in total. The van der Waals surface area contributed by atoms with Gasteiger partial charge in [-0.15, -0.1) is 0 Å². The molecule has 0 bridgehead atoms. The quantitative estimate of drug-likeness (QED) is 0.805. The lowest BCUT2D eigenvalue weighted by atomic mass is 9.74. The summed E-state index contributed by atoms with van der Waals surface area (Å²) >= 11 is 0. The van der Waals surface area contributed by atoms with Gasteiger partial charge in [0.15, 0.2) is 0 Å². The number of ether oxygens (including phenoxy) is 2. The van der Waals surface area contributed by atoms with Crippen molar-refractivity contribution >= 4 is 0 Å². The third kappa shape index (κ3) is 3.93. The summed E-state index contributed by atoms with van der Waals surface area (Å²) in [4.78, 5) is 0. The maximum atomic E-state index is 10.6. The van der Waals surface area contributed by atoms with Crippen LogP contribution < -0.4 is 0 Å². The second-order valence-corrected chi connectivity index (χ2v) is 6.55. The predicted octanol–water partition coefficient (Wildman–Crippen LogP) is 3.29. The zero-order chi connectivity index (χ0) is 13.7. The van der Waals surface area contributed by atoms with Crippen molar-refractivity contribution in [2.75, 3.05) is 13.7 Å². The molecule has 0 aromatic heterocycles. The van der Waals surface area contributed by atoms with Crippen molar-refractivity contribution < 1.29 is 14.6 Å². The summed E-state index contributed by atoms with van der Waals surface area (Å²) in [7, 11) is 1.77. The van der Waals surface area contributed by atoms with E-state index in [1.807, 2.05) is 0 Å². The molecule has 1 heterocycles. The Morgan fingerprint density at radius 1 is 1.37 bits per heavy atom. The molecule has 1 aliphatic heterocycles. The molecule has 3 nitrogen and oxygen atoms in total. The molecular formula is C16H30O3. The summed E-state index contributed by atoms with van der Waals surface area (Å²) in [5, 5.41) is 10.6. The van der Waals surface area contributed by atoms with E-state index in [4.69, 9.17) is 9.47 Å². The molecular weight excluding hydrogens is 240 g/mol. The van der Waals surface area contributed by atoms with Crippen molar-refractivity contribution in [2.24, 2.45) is 5.92 Å². The van der Waals surface area contributed by atoms with Crippen molar-refractivity contribution in [2.45, 2.75) is 82.5 Å². The Hall–Kier alpha value is -0.120. The van der Waals surface area contributed by atoms with Crippen molar-refractivity contribution in [3.63, 3.8) is 0 Å². The summed E-state index contributed by atoms with van der Waals surface area (Å²) in [6.07, 6.45) is 9.97. The zero-order valence-electron chi connectivity index (χ0n) is 12.6. The summed E-state index contributed by atoms with van der Waals surface area (Å²) in [5.74, 6) is 0.668. The standard InChI is InChI=1S/C16H30O3/c1-13-6-4-10-16(12-13,18-2)15(17)9-3-7-14-8-5-11-19-14/h13-15,17H,3-12H2,1-2H3. The molecule has 112 valence electrons. The van der Waals surface area contributed by atoms with Crippen LogP contribution in [0.5, 0.6) is 0 Å². The average molecular weight is 270 g/mol. The van der Waals surface area contributed by atoms with Crippen molar-refractivity contribution in [3.05, 3.63) is 0 Å². The highest BCUT2D eigenvalue weighted by atomic mass is 16.5. The summed E-state index contributed by atoms with van der Waals surface area (Å²) in [5.41, 5.74) is -0.284. The molecule has 2 rings (SSSR count). The number of aliphatic hydroxyl groups is 1. The van der Waals surface area contributed by atoms with E-state index in [2.05, 4.69) is 6.92 Å². The first-order valence-electron chi connectivity index (χ1n) is 8.01. The Kier molecular flexibility index (Phi) is 5.67. The van der Waals surface area contributed by atoms with Crippen molar-refractivity contribution in [3.8, 4) is 0 Å². The normalized spacial score (nSPS) is 37.4. The Bertz CT molecular complexity index is 263. The largest absolute Gasteiger partial charge is 0.390 e. The van der Waals surface area contributed by atoms with Gasteiger partial charge in [0, 0.05) is 13.7 Å². The minimum atomic E-state index is -0.318. The number of methoxy groups -OCH3 is 1. The number of hydrogen-bond acceptors (Lipinski definition) is 3. The zero-order valence-corrected chi connectivity index (χ0v) is 12.6. The Balaban J connectivity index is 1.77. The second-order valence-electron chi connectivity index (χ2n) is 6.55. The molecule has 0 spiro atoms. The first kappa shape index (κ1) is 15.3. The van der Waals surface area contributed by atoms with Crippen LogP contribution in [0.1, 0.15) is 64.7 Å². The average Bonchev–Trinajstić information content (AvgIpc) is 2.91. The third-order valence-electron chi connectivity index (χ3n) is 5.03. The molecule has 2 fully saturated rings. The van der Waals surface area contributed by atoms with Gasteiger partial charge < -0.3 is 14.6 Å². The summed E-state index contributed by atoms with van der Waals surface area (Å²) < 4.78 is 11.4. The van der Waals surface area contributed by atoms with Gasteiger partial charge in [-0.25, -0.2) is 0 Å². The van der Waals surface area contributed by atoms with Gasteiger partial charge in [-0.2, -0.15) is 0 Å². The van der Waals surface area contributed by atoms with Gasteiger partial charge in [-0.1, -0.05) is 19.8 Å². The van der Waals surface area contributed by atoms with E-state index in [1.165, 1.54) is 25.7 Å². The fourth-order valence-electron chi connectivity index (χ4n) is 3.84. The fraction of sp³-hybridized carbons (Fsp3) is 1.00. The van der Waals surface area contributed by atoms with Crippen LogP contribution in [0.25, 0.3) is 0 Å². The first-order chi connectivity index (χ1) is 9.16. The van der Waals surface area contributed by atoms with Crippen molar-refractivity contribution in [1.82, 2.24) is 0 Å². The van der Waals surface area contributed by atoms with Gasteiger partial charge in [0.1, 0.15) is 0 Å². The smallest absolute Gasteiger partial charge is 0.0938 e. The van der Waals surface area contributed by atoms with Crippen LogP contribution in [0.4, 0.5) is 0 Å². The first-order valence-corrected chi connectivity index (χ1v) is 8.01. The maximum Gasteiger partial charge on any atom is 0.0938 e. The molecule has 0 aromatic rings. The topological polar surface area (TPSA) is 38.7 Å². The van der Waals surface area contributed by atoms with Crippen LogP contribution in [0.15, 0.2) is 0 Å². The van der Waals surface area contributed by atoms with Crippen LogP contribution in [-0.4, -0.2) is 36.6 Å². The lowest BCUT2D eigenvalue weighted by Crippen LogP contribution is -2.47. The van der Waals surface area contributed by atoms with Gasteiger partial charge in [0.2, 0.25) is 0 Å². The molecule has 0 radical (unpaired) electrons. The molecule has 1 saturated carbocycles. The van der Waals surface area contributed by atoms with Crippen LogP contribution in [0.2, 0.25) is 0 Å². The van der Waals surface area contributed by atoms with E-state index in [0.29, 0.717) is 12.0 Å². The lowest BCUT2D eigenvalue weighted by molar-refractivity contribution is -0.134. The highest BCUT2D eigenvalue weighted by Gasteiger charge is 2.41. The Labute approximate surface area is 117 Å². The van der Waals surface area contributed by atoms with Crippen LogP contribution in [0, 0.1) is 5.92 Å². The van der Waals surface area contributed by atoms with Gasteiger partial charge in [-0.3, -0.25) is 0 Å². The highest BCUT2D eigenvalue weighted by molar-refractivity contribution is 4.93. The van der Waals surface area contributed by atoms with E-state index in [1.54, 1.807) is 7.11 Å². The fourth-order valence-corrected chi connectivity index (χ4v) is 3.84. The molecule has 0 aromatic carbocycles. The van der Waals surface area contributed by atoms with E-state index in [-0.39, 0.29) is 11.7 Å². The monoisotopic (exact) mass is 270 g/mol. The number of aliphatic hydroxyl groups excluding tert-OH is 1. The van der Waals surface area contributed by atoms with Crippen LogP contribution in [-0.2, 0) is 9.47 Å². The Morgan fingerprint density at radius 2 is 2.21 bits per heavy atom. The minimum absolute atomic E-state index is 0.284. The van der Waals surface area contributed by atoms with Gasteiger partial charge >= 0.3 is 0 Å². The van der Waals surface area contributed by atoms with Crippen LogP contribution >= 0.6 is 0 Å². The summed E-state index contributed by atoms with van der Waals surface area (Å²) in [6, 6.07) is 0. The third-order valence-corrected chi connectivity index (χ3v) is 5.03. The predicted molar refractivity (Wildman–Crippen MR) is 76.2 cm³/mol. The molecule has 4 unspecified atom stereocenters. The van der Waals surface area contributed by atoms with Gasteiger partial charge in [0.05, 0.1) is 17.8 Å². The molecule has 4 atom stereocenters. The molecule has 2 aliphatic rings. The van der Waals surface area contributed by atoms with E-state index in [9.17, 15) is 5.11 Å². The van der Waals surface area contributed by atoms with E-state index >= 15 is 0 Å². The molecule has 19 heavy (non-hydrogen) atoms. The van der Waals surface area contributed by atoms with Crippen molar-refractivity contribution in [1.29, 1.82) is 0 Å². The second kappa shape index (κ2) is 7.05. The van der Waals surface area contributed by atoms with E-state index < -0.39 is 0 Å². The molecule has 3 heteroatoms. The molecule has 1 saturated heterocycles. The highest BCUT2D eigenvalue weighted by Crippen LogP contribution is 2.38. The SMILES string of the molecule is COC1(C(O)CCCC2CCCO2)CCCC(C)C1. The van der Waals surface area contributed by atoms with E-state index in [0.717, 1.165) is 38.7 Å². The maximum absolute atomic E-state index is 10.6. The number of hydrogen-bond donors (Lipinski definition) is 1. The number of rotatable bonds is 6. The van der Waals surface area contributed by atoms with Gasteiger partial charge in [-0.05, 0) is 50.9 Å². The van der Waals surface area contributed by atoms with Gasteiger partial charge in [0.25, 0.3) is 0 Å².